The molecule has 0 fully saturated rings. The van der Waals surface area contributed by atoms with Crippen LogP contribution in [0, 0.1) is 5.92 Å². The van der Waals surface area contributed by atoms with Crippen LogP contribution in [-0.4, -0.2) is 6.61 Å². The van der Waals surface area contributed by atoms with Crippen LogP contribution in [-0.2, 0) is 6.54 Å². The van der Waals surface area contributed by atoms with Crippen molar-refractivity contribution in [2.24, 2.45) is 11.7 Å². The standard InChI is InChI=1S/C13H21NO/c1-3-11(4-2)10-15-13-8-6-5-7-12(13)9-14/h5-8,11H,3-4,9-10,14H2,1-2H3. The second-order valence-electron chi connectivity index (χ2n) is 3.81. The molecule has 1 aromatic carbocycles. The van der Waals surface area contributed by atoms with Gasteiger partial charge in [-0.2, -0.15) is 0 Å². The second kappa shape index (κ2) is 6.46. The maximum absolute atomic E-state index is 5.79. The SMILES string of the molecule is CCC(CC)COc1ccccc1CN. The number of nitrogens with two attached hydrogens (primary N) is 1. The minimum atomic E-state index is 0.541. The third-order valence-electron chi connectivity index (χ3n) is 2.82. The highest BCUT2D eigenvalue weighted by molar-refractivity contribution is 5.32. The average molecular weight is 207 g/mol. The molecule has 0 aromatic heterocycles. The highest BCUT2D eigenvalue weighted by atomic mass is 16.5. The number of benzene rings is 1. The first kappa shape index (κ1) is 12.1. The van der Waals surface area contributed by atoms with Gasteiger partial charge < -0.3 is 10.5 Å². The second-order valence-corrected chi connectivity index (χ2v) is 3.81. The Balaban J connectivity index is 2.56. The Morgan fingerprint density at radius 3 is 2.47 bits per heavy atom. The zero-order valence-electron chi connectivity index (χ0n) is 9.70. The van der Waals surface area contributed by atoms with E-state index in [-0.39, 0.29) is 0 Å². The first-order valence-electron chi connectivity index (χ1n) is 5.72. The van der Waals surface area contributed by atoms with Crippen molar-refractivity contribution in [3.05, 3.63) is 29.8 Å². The lowest BCUT2D eigenvalue weighted by atomic mass is 10.1. The van der Waals surface area contributed by atoms with E-state index in [2.05, 4.69) is 13.8 Å². The monoisotopic (exact) mass is 207 g/mol. The molecule has 0 aliphatic heterocycles. The molecule has 84 valence electrons. The van der Waals surface area contributed by atoms with Crippen molar-refractivity contribution in [2.75, 3.05) is 6.61 Å². The molecule has 1 aromatic rings. The zero-order chi connectivity index (χ0) is 11.1. The van der Waals surface area contributed by atoms with Crippen LogP contribution in [0.5, 0.6) is 5.75 Å². The van der Waals surface area contributed by atoms with Gasteiger partial charge in [0.25, 0.3) is 0 Å². The summed E-state index contributed by atoms with van der Waals surface area (Å²) in [5, 5.41) is 0. The van der Waals surface area contributed by atoms with E-state index < -0.39 is 0 Å². The quantitative estimate of drug-likeness (QED) is 0.778. The molecule has 1 rings (SSSR count). The molecule has 0 saturated heterocycles. The van der Waals surface area contributed by atoms with Crippen molar-refractivity contribution in [2.45, 2.75) is 33.2 Å². The van der Waals surface area contributed by atoms with Crippen LogP contribution >= 0.6 is 0 Å². The van der Waals surface area contributed by atoms with E-state index in [0.717, 1.165) is 17.9 Å². The first-order chi connectivity index (χ1) is 7.31. The fraction of sp³-hybridized carbons (Fsp3) is 0.538. The van der Waals surface area contributed by atoms with E-state index in [1.54, 1.807) is 0 Å². The van der Waals surface area contributed by atoms with E-state index in [1.165, 1.54) is 12.8 Å². The highest BCUT2D eigenvalue weighted by Crippen LogP contribution is 2.19. The Labute approximate surface area is 92.4 Å². The van der Waals surface area contributed by atoms with Gasteiger partial charge in [0.1, 0.15) is 5.75 Å². The van der Waals surface area contributed by atoms with Gasteiger partial charge in [-0.15, -0.1) is 0 Å². The van der Waals surface area contributed by atoms with Crippen LogP contribution in [0.1, 0.15) is 32.3 Å². The number of ether oxygens (including phenoxy) is 1. The van der Waals surface area contributed by atoms with Crippen molar-refractivity contribution in [3.63, 3.8) is 0 Å². The summed E-state index contributed by atoms with van der Waals surface area (Å²) in [6, 6.07) is 7.99. The third kappa shape index (κ3) is 3.56. The van der Waals surface area contributed by atoms with Crippen LogP contribution in [0.25, 0.3) is 0 Å². The van der Waals surface area contributed by atoms with Crippen LogP contribution in [0.3, 0.4) is 0 Å². The molecule has 0 atom stereocenters. The molecule has 0 saturated carbocycles. The number of para-hydroxylation sites is 1. The lowest BCUT2D eigenvalue weighted by molar-refractivity contribution is 0.238. The highest BCUT2D eigenvalue weighted by Gasteiger charge is 2.06. The Morgan fingerprint density at radius 1 is 1.20 bits per heavy atom. The van der Waals surface area contributed by atoms with Gasteiger partial charge >= 0.3 is 0 Å². The summed E-state index contributed by atoms with van der Waals surface area (Å²) < 4.78 is 5.79. The molecule has 2 nitrogen and oxygen atoms in total. The first-order valence-corrected chi connectivity index (χ1v) is 5.72. The van der Waals surface area contributed by atoms with Gasteiger partial charge in [-0.3, -0.25) is 0 Å². The van der Waals surface area contributed by atoms with E-state index in [0.29, 0.717) is 12.5 Å². The fourth-order valence-corrected chi connectivity index (χ4v) is 1.55. The van der Waals surface area contributed by atoms with Crippen LogP contribution in [0.2, 0.25) is 0 Å². The van der Waals surface area contributed by atoms with Gasteiger partial charge in [-0.1, -0.05) is 44.9 Å². The lowest BCUT2D eigenvalue weighted by Crippen LogP contribution is -2.11. The predicted molar refractivity (Wildman–Crippen MR) is 63.9 cm³/mol. The smallest absolute Gasteiger partial charge is 0.123 e. The van der Waals surface area contributed by atoms with E-state index in [9.17, 15) is 0 Å². The molecule has 0 spiro atoms. The molecule has 0 aliphatic rings. The topological polar surface area (TPSA) is 35.2 Å². The molecule has 0 heterocycles. The van der Waals surface area contributed by atoms with Gasteiger partial charge in [-0.05, 0) is 12.0 Å². The third-order valence-corrected chi connectivity index (χ3v) is 2.82. The normalized spacial score (nSPS) is 10.7. The molecule has 0 bridgehead atoms. The largest absolute Gasteiger partial charge is 0.493 e. The summed E-state index contributed by atoms with van der Waals surface area (Å²) in [5.41, 5.74) is 6.73. The molecule has 0 radical (unpaired) electrons. The summed E-state index contributed by atoms with van der Waals surface area (Å²) in [7, 11) is 0. The van der Waals surface area contributed by atoms with Gasteiger partial charge in [0.05, 0.1) is 6.61 Å². The van der Waals surface area contributed by atoms with E-state index >= 15 is 0 Å². The van der Waals surface area contributed by atoms with Crippen molar-refractivity contribution in [3.8, 4) is 5.75 Å². The predicted octanol–water partition coefficient (Wildman–Crippen LogP) is 2.96. The number of hydrogen-bond acceptors (Lipinski definition) is 2. The van der Waals surface area contributed by atoms with Gasteiger partial charge in [0, 0.05) is 12.1 Å². The van der Waals surface area contributed by atoms with Gasteiger partial charge in [0.15, 0.2) is 0 Å². The summed E-state index contributed by atoms with van der Waals surface area (Å²) in [6.45, 7) is 5.74. The zero-order valence-corrected chi connectivity index (χ0v) is 9.70. The summed E-state index contributed by atoms with van der Waals surface area (Å²) in [5.74, 6) is 1.59. The maximum atomic E-state index is 5.79. The Hall–Kier alpha value is -1.02. The van der Waals surface area contributed by atoms with E-state index in [4.69, 9.17) is 10.5 Å². The summed E-state index contributed by atoms with van der Waals surface area (Å²) in [4.78, 5) is 0. The minimum Gasteiger partial charge on any atom is -0.493 e. The van der Waals surface area contributed by atoms with Crippen LogP contribution in [0.15, 0.2) is 24.3 Å². The molecule has 2 heteroatoms. The summed E-state index contributed by atoms with van der Waals surface area (Å²) >= 11 is 0. The molecule has 2 N–H and O–H groups in total. The molecule has 15 heavy (non-hydrogen) atoms. The molecule has 0 aliphatic carbocycles. The van der Waals surface area contributed by atoms with Gasteiger partial charge in [-0.25, -0.2) is 0 Å². The van der Waals surface area contributed by atoms with Crippen molar-refractivity contribution in [1.82, 2.24) is 0 Å². The average Bonchev–Trinajstić information content (AvgIpc) is 2.31. The fourth-order valence-electron chi connectivity index (χ4n) is 1.55. The summed E-state index contributed by atoms with van der Waals surface area (Å²) in [6.07, 6.45) is 2.34. The Morgan fingerprint density at radius 2 is 1.87 bits per heavy atom. The van der Waals surface area contributed by atoms with Crippen molar-refractivity contribution < 1.29 is 4.74 Å². The Kier molecular flexibility index (Phi) is 5.19. The van der Waals surface area contributed by atoms with Crippen LogP contribution < -0.4 is 10.5 Å². The minimum absolute atomic E-state index is 0.541. The molecule has 0 unspecified atom stereocenters. The number of rotatable bonds is 6. The lowest BCUT2D eigenvalue weighted by Gasteiger charge is -2.15. The maximum Gasteiger partial charge on any atom is 0.123 e. The molecular formula is C13H21NO. The molecular weight excluding hydrogens is 186 g/mol. The van der Waals surface area contributed by atoms with Gasteiger partial charge in [0.2, 0.25) is 0 Å². The van der Waals surface area contributed by atoms with Crippen LogP contribution in [0.4, 0.5) is 0 Å². The van der Waals surface area contributed by atoms with Crippen molar-refractivity contribution in [1.29, 1.82) is 0 Å². The molecule has 0 amide bonds. The number of hydrogen-bond donors (Lipinski definition) is 1. The Bertz CT molecular complexity index is 282. The van der Waals surface area contributed by atoms with Crippen molar-refractivity contribution >= 4 is 0 Å². The van der Waals surface area contributed by atoms with E-state index in [1.807, 2.05) is 24.3 Å².